The van der Waals surface area contributed by atoms with Gasteiger partial charge in [-0.3, -0.25) is 4.79 Å². The summed E-state index contributed by atoms with van der Waals surface area (Å²) in [6.45, 7) is 6.63. The number of nitrogens with zero attached hydrogens (tertiary/aromatic N) is 1. The van der Waals surface area contributed by atoms with E-state index < -0.39 is 10.0 Å². The van der Waals surface area contributed by atoms with Crippen LogP contribution in [0, 0.1) is 5.92 Å². The summed E-state index contributed by atoms with van der Waals surface area (Å²) in [4.78, 5) is 12.1. The Labute approximate surface area is 149 Å². The maximum Gasteiger partial charge on any atom is 0.243 e. The highest BCUT2D eigenvalue weighted by Gasteiger charge is 2.25. The van der Waals surface area contributed by atoms with Crippen molar-refractivity contribution in [1.82, 2.24) is 9.62 Å². The van der Waals surface area contributed by atoms with Crippen LogP contribution in [0.1, 0.15) is 27.2 Å². The number of likely N-dealkylation sites (N-methyl/N-ethyl adjacent to an activating group) is 1. The summed E-state index contributed by atoms with van der Waals surface area (Å²) in [6, 6.07) is 4.47. The number of carbonyl (C=O) groups excluding carboxylic acids is 1. The van der Waals surface area contributed by atoms with E-state index in [-0.39, 0.29) is 29.3 Å². The van der Waals surface area contributed by atoms with E-state index in [1.165, 1.54) is 19.2 Å². The number of rotatable bonds is 6. The molecule has 0 radical (unpaired) electrons. The van der Waals surface area contributed by atoms with Crippen LogP contribution in [0.25, 0.3) is 0 Å². The second-order valence-corrected chi connectivity index (χ2v) is 8.57. The van der Waals surface area contributed by atoms with Gasteiger partial charge in [0.25, 0.3) is 0 Å². The Morgan fingerprint density at radius 1 is 1.20 bits per heavy atom. The number of hydrogen-bond acceptors (Lipinski definition) is 5. The van der Waals surface area contributed by atoms with Crippen LogP contribution in [-0.2, 0) is 14.8 Å². The first-order chi connectivity index (χ1) is 11.7. The van der Waals surface area contributed by atoms with Gasteiger partial charge in [0, 0.05) is 25.6 Å². The molecule has 1 aliphatic heterocycles. The van der Waals surface area contributed by atoms with E-state index in [0.29, 0.717) is 24.7 Å². The quantitative estimate of drug-likeness (QED) is 0.823. The molecule has 7 nitrogen and oxygen atoms in total. The summed E-state index contributed by atoms with van der Waals surface area (Å²) < 4.78 is 37.5. The summed E-state index contributed by atoms with van der Waals surface area (Å²) in [5.74, 6) is 0.877. The average molecular weight is 370 g/mol. The molecular weight excluding hydrogens is 344 g/mol. The first kappa shape index (κ1) is 19.5. The molecule has 1 aromatic rings. The summed E-state index contributed by atoms with van der Waals surface area (Å²) >= 11 is 0. The van der Waals surface area contributed by atoms with Gasteiger partial charge in [-0.05, 0) is 25.0 Å². The molecule has 0 bridgehead atoms. The molecular formula is C17H26N2O5S. The highest BCUT2D eigenvalue weighted by Crippen LogP contribution is 2.32. The third-order valence-corrected chi connectivity index (χ3v) is 5.98. The van der Waals surface area contributed by atoms with E-state index in [9.17, 15) is 13.2 Å². The van der Waals surface area contributed by atoms with Gasteiger partial charge in [-0.15, -0.1) is 0 Å². The van der Waals surface area contributed by atoms with E-state index in [0.717, 1.165) is 10.7 Å². The molecule has 0 saturated heterocycles. The van der Waals surface area contributed by atoms with Gasteiger partial charge >= 0.3 is 0 Å². The van der Waals surface area contributed by atoms with Gasteiger partial charge in [-0.25, -0.2) is 8.42 Å². The topological polar surface area (TPSA) is 84.9 Å². The SMILES string of the molecule is CC(C)[C@H](C)NC(=O)CN(C)S(=O)(=O)c1ccc2c(c1)OCCCO2. The van der Waals surface area contributed by atoms with Gasteiger partial charge in [0.05, 0.1) is 24.7 Å². The predicted octanol–water partition coefficient (Wildman–Crippen LogP) is 1.63. The molecule has 8 heteroatoms. The molecule has 0 unspecified atom stereocenters. The Morgan fingerprint density at radius 3 is 2.48 bits per heavy atom. The van der Waals surface area contributed by atoms with Crippen molar-refractivity contribution in [2.75, 3.05) is 26.8 Å². The van der Waals surface area contributed by atoms with Gasteiger partial charge in [0.15, 0.2) is 11.5 Å². The van der Waals surface area contributed by atoms with Crippen LogP contribution in [-0.4, -0.2) is 51.5 Å². The zero-order chi connectivity index (χ0) is 18.6. The Morgan fingerprint density at radius 2 is 1.84 bits per heavy atom. The lowest BCUT2D eigenvalue weighted by molar-refractivity contribution is -0.122. The number of benzene rings is 1. The van der Waals surface area contributed by atoms with E-state index in [1.807, 2.05) is 20.8 Å². The van der Waals surface area contributed by atoms with E-state index in [4.69, 9.17) is 9.47 Å². The third-order valence-electron chi connectivity index (χ3n) is 4.18. The zero-order valence-corrected chi connectivity index (χ0v) is 15.9. The van der Waals surface area contributed by atoms with Crippen molar-refractivity contribution in [1.29, 1.82) is 0 Å². The molecule has 1 aromatic carbocycles. The van der Waals surface area contributed by atoms with Crippen LogP contribution in [0.3, 0.4) is 0 Å². The van der Waals surface area contributed by atoms with Crippen LogP contribution in [0.4, 0.5) is 0 Å². The average Bonchev–Trinajstić information content (AvgIpc) is 2.78. The molecule has 1 N–H and O–H groups in total. The number of amides is 1. The lowest BCUT2D eigenvalue weighted by atomic mass is 10.1. The first-order valence-electron chi connectivity index (χ1n) is 8.37. The summed E-state index contributed by atoms with van der Waals surface area (Å²) in [5, 5.41) is 2.80. The zero-order valence-electron chi connectivity index (χ0n) is 15.1. The normalized spacial score (nSPS) is 15.8. The van der Waals surface area contributed by atoms with Crippen molar-refractivity contribution in [3.05, 3.63) is 18.2 Å². The van der Waals surface area contributed by atoms with Crippen molar-refractivity contribution in [2.24, 2.45) is 5.92 Å². The fraction of sp³-hybridized carbons (Fsp3) is 0.588. The van der Waals surface area contributed by atoms with Crippen LogP contribution in [0.2, 0.25) is 0 Å². The molecule has 1 aliphatic rings. The fourth-order valence-electron chi connectivity index (χ4n) is 2.24. The lowest BCUT2D eigenvalue weighted by Gasteiger charge is -2.21. The van der Waals surface area contributed by atoms with Crippen molar-refractivity contribution in [3.63, 3.8) is 0 Å². The maximum absolute atomic E-state index is 12.7. The second kappa shape index (κ2) is 8.05. The van der Waals surface area contributed by atoms with Crippen molar-refractivity contribution in [3.8, 4) is 11.5 Å². The smallest absolute Gasteiger partial charge is 0.243 e. The number of ether oxygens (including phenoxy) is 2. The number of carbonyl (C=O) groups is 1. The molecule has 0 aromatic heterocycles. The lowest BCUT2D eigenvalue weighted by Crippen LogP contribution is -2.43. The van der Waals surface area contributed by atoms with Gasteiger partial charge in [0.1, 0.15) is 0 Å². The van der Waals surface area contributed by atoms with Crippen molar-refractivity contribution in [2.45, 2.75) is 38.1 Å². The van der Waals surface area contributed by atoms with Crippen LogP contribution in [0.15, 0.2) is 23.1 Å². The molecule has 0 saturated carbocycles. The van der Waals surface area contributed by atoms with E-state index >= 15 is 0 Å². The van der Waals surface area contributed by atoms with Crippen molar-refractivity contribution >= 4 is 15.9 Å². The van der Waals surface area contributed by atoms with Crippen LogP contribution < -0.4 is 14.8 Å². The predicted molar refractivity (Wildman–Crippen MR) is 94.3 cm³/mol. The van der Waals surface area contributed by atoms with E-state index in [1.54, 1.807) is 6.07 Å². The van der Waals surface area contributed by atoms with Crippen LogP contribution >= 0.6 is 0 Å². The monoisotopic (exact) mass is 370 g/mol. The molecule has 0 fully saturated rings. The molecule has 140 valence electrons. The Hall–Kier alpha value is -1.80. The third kappa shape index (κ3) is 4.85. The first-order valence-corrected chi connectivity index (χ1v) is 9.81. The molecule has 0 spiro atoms. The largest absolute Gasteiger partial charge is 0.490 e. The van der Waals surface area contributed by atoms with E-state index in [2.05, 4.69) is 5.32 Å². The summed E-state index contributed by atoms with van der Waals surface area (Å²) in [5.41, 5.74) is 0. The van der Waals surface area contributed by atoms with Gasteiger partial charge < -0.3 is 14.8 Å². The van der Waals surface area contributed by atoms with Gasteiger partial charge in [-0.2, -0.15) is 4.31 Å². The minimum atomic E-state index is -3.80. The highest BCUT2D eigenvalue weighted by molar-refractivity contribution is 7.89. The number of fused-ring (bicyclic) bond motifs is 1. The number of hydrogen-bond donors (Lipinski definition) is 1. The molecule has 2 rings (SSSR count). The minimum absolute atomic E-state index is 0.0263. The number of sulfonamides is 1. The maximum atomic E-state index is 12.7. The van der Waals surface area contributed by atoms with Crippen LogP contribution in [0.5, 0.6) is 11.5 Å². The molecule has 0 aliphatic carbocycles. The summed E-state index contributed by atoms with van der Waals surface area (Å²) in [6.07, 6.45) is 0.741. The highest BCUT2D eigenvalue weighted by atomic mass is 32.2. The second-order valence-electron chi connectivity index (χ2n) is 6.52. The molecule has 1 heterocycles. The fourth-order valence-corrected chi connectivity index (χ4v) is 3.38. The standard InChI is InChI=1S/C17H26N2O5S/c1-12(2)13(3)18-17(20)11-19(4)25(21,22)14-6-7-15-16(10-14)24-9-5-8-23-15/h6-7,10,12-13H,5,8-9,11H2,1-4H3,(H,18,20)/t13-/m0/s1. The minimum Gasteiger partial charge on any atom is -0.490 e. The Bertz CT molecular complexity index is 718. The Balaban J connectivity index is 2.12. The molecule has 25 heavy (non-hydrogen) atoms. The molecule has 1 amide bonds. The Kier molecular flexibility index (Phi) is 6.29. The summed E-state index contributed by atoms with van der Waals surface area (Å²) in [7, 11) is -2.41. The number of nitrogens with one attached hydrogen (secondary N) is 1. The van der Waals surface area contributed by atoms with Gasteiger partial charge in [0.2, 0.25) is 15.9 Å². The molecule has 1 atom stereocenters. The van der Waals surface area contributed by atoms with Crippen molar-refractivity contribution < 1.29 is 22.7 Å². The van der Waals surface area contributed by atoms with Gasteiger partial charge in [-0.1, -0.05) is 13.8 Å².